The highest BCUT2D eigenvalue weighted by Gasteiger charge is 2.35. The molecule has 4 aromatic rings. The monoisotopic (exact) mass is 567 g/mol. The van der Waals surface area contributed by atoms with Crippen LogP contribution < -0.4 is 5.56 Å². The van der Waals surface area contributed by atoms with Gasteiger partial charge in [-0.1, -0.05) is 65.1 Å². The van der Waals surface area contributed by atoms with Crippen molar-refractivity contribution in [2.75, 3.05) is 0 Å². The molecule has 1 amide bonds. The number of carbonyl (C=O) groups is 2. The molecule has 0 saturated heterocycles. The molecule has 1 aromatic heterocycles. The Bertz CT molecular complexity index is 1640. The average Bonchev–Trinajstić information content (AvgIpc) is 3.31. The molecular weight excluding hydrogens is 549 g/mol. The first-order valence-electron chi connectivity index (χ1n) is 11.7. The largest absolute Gasteiger partial charge is 0.481 e. The average molecular weight is 569 g/mol. The van der Waals surface area contributed by atoms with Crippen molar-refractivity contribution in [3.63, 3.8) is 0 Å². The summed E-state index contributed by atoms with van der Waals surface area (Å²) in [6.07, 6.45) is -0.347. The second-order valence-electron chi connectivity index (χ2n) is 8.86. The number of para-hydroxylation sites is 1. The van der Waals surface area contributed by atoms with Gasteiger partial charge in [0.2, 0.25) is 5.91 Å². The van der Waals surface area contributed by atoms with Crippen LogP contribution in [0.4, 0.5) is 0 Å². The summed E-state index contributed by atoms with van der Waals surface area (Å²) in [4.78, 5) is 40.7. The lowest BCUT2D eigenvalue weighted by atomic mass is 9.91. The van der Waals surface area contributed by atoms with E-state index in [0.717, 1.165) is 10.9 Å². The highest BCUT2D eigenvalue weighted by molar-refractivity contribution is 6.35. The van der Waals surface area contributed by atoms with Crippen LogP contribution in [0.5, 0.6) is 0 Å². The predicted octanol–water partition coefficient (Wildman–Crippen LogP) is 6.70. The molecule has 2 N–H and O–H groups in total. The lowest BCUT2D eigenvalue weighted by Crippen LogP contribution is -2.27. The Morgan fingerprint density at radius 1 is 0.921 bits per heavy atom. The summed E-state index contributed by atoms with van der Waals surface area (Å²) >= 11 is 18.7. The first kappa shape index (κ1) is 26.0. The number of hydrazone groups is 1. The van der Waals surface area contributed by atoms with Crippen molar-refractivity contribution in [1.29, 1.82) is 0 Å². The number of hydrogen-bond acceptors (Lipinski definition) is 4. The van der Waals surface area contributed by atoms with Gasteiger partial charge in [-0.05, 0) is 47.5 Å². The van der Waals surface area contributed by atoms with Crippen molar-refractivity contribution in [2.24, 2.45) is 5.10 Å². The van der Waals surface area contributed by atoms with Crippen molar-refractivity contribution in [2.45, 2.75) is 25.3 Å². The number of H-pyrrole nitrogens is 1. The molecule has 0 fully saturated rings. The number of carbonyl (C=O) groups excluding carboxylic acids is 1. The zero-order valence-corrected chi connectivity index (χ0v) is 22.0. The van der Waals surface area contributed by atoms with Gasteiger partial charge in [0.05, 0.1) is 23.7 Å². The summed E-state index contributed by atoms with van der Waals surface area (Å²) in [5.74, 6) is -1.55. The van der Waals surface area contributed by atoms with Crippen LogP contribution in [0.1, 0.15) is 36.4 Å². The number of aliphatic carboxylic acids is 1. The van der Waals surface area contributed by atoms with Gasteiger partial charge >= 0.3 is 5.97 Å². The van der Waals surface area contributed by atoms with Gasteiger partial charge in [0.1, 0.15) is 0 Å². The van der Waals surface area contributed by atoms with Gasteiger partial charge in [0, 0.05) is 44.4 Å². The molecule has 1 aliphatic heterocycles. The van der Waals surface area contributed by atoms with Crippen LogP contribution in [0.15, 0.2) is 76.6 Å². The maximum Gasteiger partial charge on any atom is 0.303 e. The second-order valence-corrected chi connectivity index (χ2v) is 10.2. The lowest BCUT2D eigenvalue weighted by molar-refractivity contribution is -0.141. The molecule has 0 spiro atoms. The van der Waals surface area contributed by atoms with Gasteiger partial charge in [-0.2, -0.15) is 5.10 Å². The Labute approximate surface area is 232 Å². The molecule has 1 atom stereocenters. The van der Waals surface area contributed by atoms with Crippen LogP contribution in [0.25, 0.3) is 22.0 Å². The van der Waals surface area contributed by atoms with Crippen LogP contribution in [0, 0.1) is 0 Å². The summed E-state index contributed by atoms with van der Waals surface area (Å²) < 4.78 is 0. The van der Waals surface area contributed by atoms with Gasteiger partial charge in [-0.3, -0.25) is 14.4 Å². The Morgan fingerprint density at radius 3 is 2.29 bits per heavy atom. The number of rotatable bonds is 6. The zero-order valence-electron chi connectivity index (χ0n) is 19.7. The van der Waals surface area contributed by atoms with Crippen LogP contribution in [-0.2, 0) is 9.59 Å². The minimum Gasteiger partial charge on any atom is -0.481 e. The van der Waals surface area contributed by atoms with E-state index in [1.807, 2.05) is 18.2 Å². The number of amides is 1. The fraction of sp³-hybridized carbons (Fsp3) is 0.143. The van der Waals surface area contributed by atoms with Crippen molar-refractivity contribution < 1.29 is 14.7 Å². The molecule has 0 saturated carbocycles. The maximum atomic E-state index is 13.6. The molecule has 1 aliphatic rings. The molecule has 2 heterocycles. The van der Waals surface area contributed by atoms with E-state index in [-0.39, 0.29) is 30.4 Å². The summed E-state index contributed by atoms with van der Waals surface area (Å²) in [7, 11) is 0. The van der Waals surface area contributed by atoms with Gasteiger partial charge in [0.15, 0.2) is 0 Å². The van der Waals surface area contributed by atoms with E-state index >= 15 is 0 Å². The molecular formula is C28H20Cl3N3O4. The van der Waals surface area contributed by atoms with Crippen LogP contribution in [0.2, 0.25) is 15.1 Å². The maximum absolute atomic E-state index is 13.6. The number of benzene rings is 3. The van der Waals surface area contributed by atoms with Gasteiger partial charge in [0.25, 0.3) is 5.56 Å². The molecule has 1 unspecified atom stereocenters. The highest BCUT2D eigenvalue weighted by atomic mass is 35.5. The number of aromatic nitrogens is 1. The topological polar surface area (TPSA) is 103 Å². The van der Waals surface area contributed by atoms with Gasteiger partial charge in [-0.15, -0.1) is 0 Å². The molecule has 0 bridgehead atoms. The Kier molecular flexibility index (Phi) is 7.25. The normalized spacial score (nSPS) is 15.1. The first-order valence-corrected chi connectivity index (χ1v) is 12.8. The fourth-order valence-electron chi connectivity index (χ4n) is 4.68. The van der Waals surface area contributed by atoms with Crippen LogP contribution in [-0.4, -0.2) is 32.7 Å². The van der Waals surface area contributed by atoms with Crippen molar-refractivity contribution in [1.82, 2.24) is 9.99 Å². The minimum atomic E-state index is -1.09. The molecule has 5 rings (SSSR count). The Balaban J connectivity index is 1.71. The lowest BCUT2D eigenvalue weighted by Gasteiger charge is -2.22. The number of hydrogen-bond donors (Lipinski definition) is 2. The first-order chi connectivity index (χ1) is 18.2. The van der Waals surface area contributed by atoms with Crippen molar-refractivity contribution in [3.05, 3.63) is 103 Å². The summed E-state index contributed by atoms with van der Waals surface area (Å²) in [5.41, 5.74) is 2.86. The standard InChI is InChI=1S/C28H20Cl3N3O4/c29-17-7-5-15(6-8-17)23-14-22(33-34(23)24(35)9-10-25(36)37)27-26(16-11-18(30)13-19(31)12-16)20-3-1-2-4-21(20)32-28(27)38/h1-8,11-13,23H,9-10,14H2,(H,32,38)(H,36,37). The van der Waals surface area contributed by atoms with Crippen molar-refractivity contribution in [3.8, 4) is 11.1 Å². The number of pyridine rings is 1. The van der Waals surface area contributed by atoms with Crippen LogP contribution in [0.3, 0.4) is 0 Å². The van der Waals surface area contributed by atoms with Crippen LogP contribution >= 0.6 is 34.8 Å². The molecule has 0 radical (unpaired) electrons. The molecule has 192 valence electrons. The van der Waals surface area contributed by atoms with E-state index in [1.165, 1.54) is 5.01 Å². The van der Waals surface area contributed by atoms with E-state index in [1.54, 1.807) is 48.5 Å². The number of fused-ring (bicyclic) bond motifs is 1. The molecule has 3 aromatic carbocycles. The number of aromatic amines is 1. The van der Waals surface area contributed by atoms with Gasteiger partial charge in [-0.25, -0.2) is 5.01 Å². The minimum absolute atomic E-state index is 0.225. The summed E-state index contributed by atoms with van der Waals surface area (Å²) in [6, 6.07) is 18.8. The molecule has 38 heavy (non-hydrogen) atoms. The third-order valence-electron chi connectivity index (χ3n) is 6.33. The van der Waals surface area contributed by atoms with E-state index in [4.69, 9.17) is 39.9 Å². The summed E-state index contributed by atoms with van der Waals surface area (Å²) in [5, 5.41) is 17.1. The van der Waals surface area contributed by atoms with Gasteiger partial charge < -0.3 is 10.1 Å². The van der Waals surface area contributed by atoms with E-state index in [0.29, 0.717) is 37.4 Å². The number of carboxylic acids is 1. The third-order valence-corrected chi connectivity index (χ3v) is 7.02. The summed E-state index contributed by atoms with van der Waals surface area (Å²) in [6.45, 7) is 0. The second kappa shape index (κ2) is 10.6. The van der Waals surface area contributed by atoms with E-state index < -0.39 is 17.9 Å². The smallest absolute Gasteiger partial charge is 0.303 e. The Hall–Kier alpha value is -3.65. The SMILES string of the molecule is O=C(O)CCC(=O)N1N=C(c2c(-c3cc(Cl)cc(Cl)c3)c3ccccc3[nH]c2=O)CC1c1ccc(Cl)cc1. The molecule has 10 heteroatoms. The molecule has 7 nitrogen and oxygen atoms in total. The Morgan fingerprint density at radius 2 is 1.61 bits per heavy atom. The van der Waals surface area contributed by atoms with E-state index in [2.05, 4.69) is 10.1 Å². The van der Waals surface area contributed by atoms with E-state index in [9.17, 15) is 14.4 Å². The fourth-order valence-corrected chi connectivity index (χ4v) is 5.33. The number of nitrogens with one attached hydrogen (secondary N) is 1. The van der Waals surface area contributed by atoms with Crippen molar-refractivity contribution >= 4 is 63.3 Å². The quantitative estimate of drug-likeness (QED) is 0.270. The number of nitrogens with zero attached hydrogens (tertiary/aromatic N) is 2. The zero-order chi connectivity index (χ0) is 27.0. The highest BCUT2D eigenvalue weighted by Crippen LogP contribution is 2.38. The number of halogens is 3. The molecule has 0 aliphatic carbocycles. The third kappa shape index (κ3) is 5.18. The predicted molar refractivity (Wildman–Crippen MR) is 149 cm³/mol. The number of carboxylic acid groups (broad SMARTS) is 1.